The lowest BCUT2D eigenvalue weighted by atomic mass is 9.73. The number of ketones is 1. The number of hydrogen-bond donors (Lipinski definition) is 1. The maximum atomic E-state index is 13.3. The van der Waals surface area contributed by atoms with Crippen LogP contribution < -0.4 is 10.1 Å². The number of methoxy groups -OCH3 is 1. The number of allylic oxidation sites excluding steroid dienone is 2. The molecule has 6 nitrogen and oxygen atoms in total. The van der Waals surface area contributed by atoms with Crippen molar-refractivity contribution in [2.45, 2.75) is 32.7 Å². The van der Waals surface area contributed by atoms with Crippen molar-refractivity contribution in [2.75, 3.05) is 12.4 Å². The van der Waals surface area contributed by atoms with Crippen LogP contribution in [0.1, 0.15) is 38.3 Å². The molecule has 1 aliphatic carbocycles. The third-order valence-corrected chi connectivity index (χ3v) is 6.12. The van der Waals surface area contributed by atoms with Gasteiger partial charge in [-0.15, -0.1) is 5.10 Å². The predicted octanol–water partition coefficient (Wildman–Crippen LogP) is 5.27. The number of carbonyl (C=O) groups is 1. The molecule has 1 N–H and O–H groups in total. The van der Waals surface area contributed by atoms with E-state index < -0.39 is 0 Å². The predicted molar refractivity (Wildman–Crippen MR) is 120 cm³/mol. The number of nitrogens with one attached hydrogen (secondary N) is 1. The Hall–Kier alpha value is -3.12. The van der Waals surface area contributed by atoms with Crippen molar-refractivity contribution in [2.24, 2.45) is 5.41 Å². The van der Waals surface area contributed by atoms with E-state index in [0.717, 1.165) is 34.6 Å². The first-order valence-electron chi connectivity index (χ1n) is 10.2. The highest BCUT2D eigenvalue weighted by Gasteiger charge is 2.41. The van der Waals surface area contributed by atoms with Crippen LogP contribution in [0.15, 0.2) is 59.8 Å². The summed E-state index contributed by atoms with van der Waals surface area (Å²) >= 11 is 6.13. The monoisotopic (exact) mass is 434 g/mol. The fourth-order valence-corrected chi connectivity index (χ4v) is 4.55. The summed E-state index contributed by atoms with van der Waals surface area (Å²) in [5.41, 5.74) is 3.43. The molecular weight excluding hydrogens is 412 g/mol. The van der Waals surface area contributed by atoms with E-state index >= 15 is 0 Å². The normalized spacial score (nSPS) is 19.5. The topological polar surface area (TPSA) is 69.0 Å². The summed E-state index contributed by atoms with van der Waals surface area (Å²) in [4.78, 5) is 18.0. The van der Waals surface area contributed by atoms with Crippen LogP contribution in [0, 0.1) is 5.41 Å². The number of hydrogen-bond acceptors (Lipinski definition) is 5. The molecule has 0 unspecified atom stereocenters. The maximum Gasteiger partial charge on any atom is 0.226 e. The van der Waals surface area contributed by atoms with E-state index in [9.17, 15) is 4.79 Å². The van der Waals surface area contributed by atoms with Crippen LogP contribution in [-0.4, -0.2) is 27.7 Å². The molecule has 2 aliphatic rings. The van der Waals surface area contributed by atoms with Gasteiger partial charge in [0.25, 0.3) is 0 Å². The zero-order chi connectivity index (χ0) is 21.8. The minimum Gasteiger partial charge on any atom is -0.497 e. The molecule has 1 aromatic heterocycles. The Labute approximate surface area is 185 Å². The average Bonchev–Trinajstić information content (AvgIpc) is 3.16. The van der Waals surface area contributed by atoms with Crippen LogP contribution in [-0.2, 0) is 4.79 Å². The molecule has 0 amide bonds. The zero-order valence-electron chi connectivity index (χ0n) is 17.6. The van der Waals surface area contributed by atoms with Crippen molar-refractivity contribution in [3.63, 3.8) is 0 Å². The molecule has 31 heavy (non-hydrogen) atoms. The first-order valence-corrected chi connectivity index (χ1v) is 10.6. The third-order valence-electron chi connectivity index (χ3n) is 5.87. The zero-order valence-corrected chi connectivity index (χ0v) is 18.4. The Morgan fingerprint density at radius 3 is 2.48 bits per heavy atom. The summed E-state index contributed by atoms with van der Waals surface area (Å²) < 4.78 is 7.07. The number of benzene rings is 2. The number of aromatic nitrogens is 3. The van der Waals surface area contributed by atoms with Gasteiger partial charge in [0.1, 0.15) is 11.8 Å². The van der Waals surface area contributed by atoms with Gasteiger partial charge in [0, 0.05) is 28.3 Å². The highest BCUT2D eigenvalue weighted by atomic mass is 35.5. The minimum atomic E-state index is -0.341. The quantitative estimate of drug-likeness (QED) is 0.608. The first-order chi connectivity index (χ1) is 14.8. The van der Waals surface area contributed by atoms with E-state index in [1.807, 2.05) is 53.2 Å². The van der Waals surface area contributed by atoms with E-state index in [-0.39, 0.29) is 17.2 Å². The molecule has 0 saturated carbocycles. The second-order valence-corrected chi connectivity index (χ2v) is 9.28. The van der Waals surface area contributed by atoms with Crippen LogP contribution >= 0.6 is 11.6 Å². The highest BCUT2D eigenvalue weighted by Crippen LogP contribution is 2.45. The van der Waals surface area contributed by atoms with Crippen molar-refractivity contribution in [1.82, 2.24) is 14.8 Å². The lowest BCUT2D eigenvalue weighted by molar-refractivity contribution is -0.118. The Balaban J connectivity index is 1.64. The molecule has 158 valence electrons. The van der Waals surface area contributed by atoms with Gasteiger partial charge in [0.05, 0.1) is 7.11 Å². The number of ether oxygens (including phenoxy) is 1. The molecule has 7 heteroatoms. The van der Waals surface area contributed by atoms with Gasteiger partial charge in [-0.2, -0.15) is 4.98 Å². The number of fused-ring (bicyclic) bond motifs is 1. The van der Waals surface area contributed by atoms with E-state index in [2.05, 4.69) is 19.2 Å². The number of carbonyl (C=O) groups excluding carboxylic acids is 1. The fraction of sp³-hybridized carbons (Fsp3) is 0.292. The summed E-state index contributed by atoms with van der Waals surface area (Å²) in [6.45, 7) is 4.24. The van der Waals surface area contributed by atoms with Crippen molar-refractivity contribution >= 4 is 23.3 Å². The van der Waals surface area contributed by atoms with Gasteiger partial charge >= 0.3 is 0 Å². The summed E-state index contributed by atoms with van der Waals surface area (Å²) in [7, 11) is 1.64. The van der Waals surface area contributed by atoms with Gasteiger partial charge in [0.15, 0.2) is 11.6 Å². The lowest BCUT2D eigenvalue weighted by Crippen LogP contribution is -2.36. The fourth-order valence-electron chi connectivity index (χ4n) is 4.42. The summed E-state index contributed by atoms with van der Waals surface area (Å²) in [5, 5.41) is 8.86. The Bertz CT molecular complexity index is 1190. The van der Waals surface area contributed by atoms with Crippen LogP contribution in [0.4, 0.5) is 5.95 Å². The van der Waals surface area contributed by atoms with Gasteiger partial charge in [-0.05, 0) is 53.8 Å². The summed E-state index contributed by atoms with van der Waals surface area (Å²) in [5.74, 6) is 2.14. The van der Waals surface area contributed by atoms with Gasteiger partial charge in [-0.1, -0.05) is 37.6 Å². The van der Waals surface area contributed by atoms with Gasteiger partial charge in [0.2, 0.25) is 5.95 Å². The maximum absolute atomic E-state index is 13.3. The molecule has 1 aliphatic heterocycles. The molecule has 0 bridgehead atoms. The second-order valence-electron chi connectivity index (χ2n) is 8.84. The molecular formula is C24H23ClN4O2. The van der Waals surface area contributed by atoms with Crippen molar-refractivity contribution < 1.29 is 9.53 Å². The molecule has 2 aromatic carbocycles. The third kappa shape index (κ3) is 3.51. The lowest BCUT2D eigenvalue weighted by Gasteiger charge is -2.38. The number of anilines is 1. The van der Waals surface area contributed by atoms with Crippen LogP contribution in [0.5, 0.6) is 5.75 Å². The molecule has 0 radical (unpaired) electrons. The first kappa shape index (κ1) is 19.8. The van der Waals surface area contributed by atoms with E-state index in [1.54, 1.807) is 7.11 Å². The number of rotatable bonds is 3. The highest BCUT2D eigenvalue weighted by molar-refractivity contribution is 6.30. The van der Waals surface area contributed by atoms with Gasteiger partial charge in [-0.3, -0.25) is 4.79 Å². The molecule has 5 rings (SSSR count). The number of halogens is 1. The van der Waals surface area contributed by atoms with Crippen molar-refractivity contribution in [3.05, 3.63) is 70.4 Å². The number of Topliss-reactive ketones (excluding diaryl/α,β-unsaturated/α-hetero) is 1. The standard InChI is InChI=1S/C24H23ClN4O2/c1-24(2)12-18-20(19(30)13-24)21(14-4-8-16(25)9-5-14)29-23(26-18)27-22(28-29)15-6-10-17(31-3)11-7-15/h4-11,21H,12-13H2,1-3H3,(H,26,27,28)/t21-/m0/s1. The van der Waals surface area contributed by atoms with E-state index in [1.165, 1.54) is 0 Å². The van der Waals surface area contributed by atoms with E-state index in [0.29, 0.717) is 23.2 Å². The minimum absolute atomic E-state index is 0.103. The molecule has 1 atom stereocenters. The van der Waals surface area contributed by atoms with E-state index in [4.69, 9.17) is 26.4 Å². The summed E-state index contributed by atoms with van der Waals surface area (Å²) in [6, 6.07) is 14.9. The SMILES string of the molecule is COc1ccc(-c2nc3n(n2)[C@@H](c2ccc(Cl)cc2)C2=C(CC(C)(C)CC2=O)N3)cc1. The van der Waals surface area contributed by atoms with Gasteiger partial charge in [-0.25, -0.2) is 4.68 Å². The smallest absolute Gasteiger partial charge is 0.226 e. The van der Waals surface area contributed by atoms with Crippen molar-refractivity contribution in [3.8, 4) is 17.1 Å². The van der Waals surface area contributed by atoms with Gasteiger partial charge < -0.3 is 10.1 Å². The van der Waals surface area contributed by atoms with Crippen molar-refractivity contribution in [1.29, 1.82) is 0 Å². The Morgan fingerprint density at radius 2 is 1.81 bits per heavy atom. The largest absolute Gasteiger partial charge is 0.497 e. The molecule has 0 saturated heterocycles. The Morgan fingerprint density at radius 1 is 1.10 bits per heavy atom. The average molecular weight is 435 g/mol. The van der Waals surface area contributed by atoms with Crippen LogP contribution in [0.3, 0.4) is 0 Å². The van der Waals surface area contributed by atoms with Crippen LogP contribution in [0.25, 0.3) is 11.4 Å². The van der Waals surface area contributed by atoms with Crippen LogP contribution in [0.2, 0.25) is 5.02 Å². The summed E-state index contributed by atoms with van der Waals surface area (Å²) in [6.07, 6.45) is 1.29. The number of nitrogens with zero attached hydrogens (tertiary/aromatic N) is 3. The molecule has 0 spiro atoms. The molecule has 2 heterocycles. The Kier molecular flexibility index (Phi) is 4.63. The second kappa shape index (κ2) is 7.24. The molecule has 3 aromatic rings. The molecule has 0 fully saturated rings.